The van der Waals surface area contributed by atoms with E-state index in [1.807, 2.05) is 11.9 Å². The number of carbonyl (C=O) groups is 1. The van der Waals surface area contributed by atoms with Gasteiger partial charge in [-0.25, -0.2) is 0 Å². The highest BCUT2D eigenvalue weighted by molar-refractivity contribution is 5.77. The number of ether oxygens (including phenoxy) is 1. The van der Waals surface area contributed by atoms with Crippen molar-refractivity contribution >= 4 is 5.91 Å². The molecule has 1 saturated heterocycles. The van der Waals surface area contributed by atoms with E-state index in [1.54, 1.807) is 0 Å². The number of likely N-dealkylation sites (N-methyl/N-ethyl adjacent to an activating group) is 1. The number of hydrogen-bond donors (Lipinski definition) is 1. The van der Waals surface area contributed by atoms with E-state index < -0.39 is 0 Å². The van der Waals surface area contributed by atoms with Crippen LogP contribution in [0.4, 0.5) is 0 Å². The summed E-state index contributed by atoms with van der Waals surface area (Å²) in [5, 5.41) is 0. The van der Waals surface area contributed by atoms with Crippen molar-refractivity contribution in [1.82, 2.24) is 9.80 Å². The van der Waals surface area contributed by atoms with Crippen molar-refractivity contribution in [1.29, 1.82) is 0 Å². The highest BCUT2D eigenvalue weighted by Gasteiger charge is 2.24. The number of carbonyl (C=O) groups excluding carboxylic acids is 1. The van der Waals surface area contributed by atoms with Crippen LogP contribution in [0.25, 0.3) is 0 Å². The second kappa shape index (κ2) is 7.96. The molecule has 1 saturated carbocycles. The molecule has 5 nitrogen and oxygen atoms in total. The van der Waals surface area contributed by atoms with Crippen LogP contribution in [-0.2, 0) is 9.53 Å². The summed E-state index contributed by atoms with van der Waals surface area (Å²) >= 11 is 0. The summed E-state index contributed by atoms with van der Waals surface area (Å²) in [6, 6.07) is 0.132. The first-order chi connectivity index (χ1) is 9.70. The van der Waals surface area contributed by atoms with Gasteiger partial charge in [-0.05, 0) is 38.6 Å². The molecule has 116 valence electrons. The molecule has 0 bridgehead atoms. The van der Waals surface area contributed by atoms with Gasteiger partial charge in [-0.1, -0.05) is 0 Å². The first-order valence-electron chi connectivity index (χ1n) is 7.96. The minimum atomic E-state index is 0.132. The van der Waals surface area contributed by atoms with Gasteiger partial charge in [-0.3, -0.25) is 9.69 Å². The SMILES string of the molecule is CN(CCOCC1CC1)C(CN)CC(=O)N1CCCC1. The second-order valence-corrected chi connectivity index (χ2v) is 6.18. The molecule has 1 amide bonds. The van der Waals surface area contributed by atoms with Crippen molar-refractivity contribution in [3.63, 3.8) is 0 Å². The van der Waals surface area contributed by atoms with Crippen LogP contribution in [0, 0.1) is 5.92 Å². The number of nitrogens with zero attached hydrogens (tertiary/aromatic N) is 2. The topological polar surface area (TPSA) is 58.8 Å². The van der Waals surface area contributed by atoms with Crippen molar-refractivity contribution in [2.24, 2.45) is 11.7 Å². The molecular formula is C15H29N3O2. The quantitative estimate of drug-likeness (QED) is 0.632. The lowest BCUT2D eigenvalue weighted by atomic mass is 10.1. The van der Waals surface area contributed by atoms with Crippen molar-refractivity contribution in [2.75, 3.05) is 46.4 Å². The lowest BCUT2D eigenvalue weighted by molar-refractivity contribution is -0.131. The van der Waals surface area contributed by atoms with E-state index in [2.05, 4.69) is 4.90 Å². The zero-order chi connectivity index (χ0) is 14.4. The van der Waals surface area contributed by atoms with Gasteiger partial charge in [0.15, 0.2) is 0 Å². The Morgan fingerprint density at radius 1 is 1.40 bits per heavy atom. The van der Waals surface area contributed by atoms with Gasteiger partial charge in [0.25, 0.3) is 0 Å². The summed E-state index contributed by atoms with van der Waals surface area (Å²) in [7, 11) is 2.04. The normalized spacial score (nSPS) is 20.6. The average molecular weight is 283 g/mol. The summed E-state index contributed by atoms with van der Waals surface area (Å²) in [5.74, 6) is 1.06. The first kappa shape index (κ1) is 15.7. The van der Waals surface area contributed by atoms with Crippen molar-refractivity contribution < 1.29 is 9.53 Å². The molecule has 20 heavy (non-hydrogen) atoms. The van der Waals surface area contributed by atoms with Crippen LogP contribution >= 0.6 is 0 Å². The molecular weight excluding hydrogens is 254 g/mol. The first-order valence-corrected chi connectivity index (χ1v) is 7.96. The largest absolute Gasteiger partial charge is 0.380 e. The van der Waals surface area contributed by atoms with Gasteiger partial charge in [0, 0.05) is 45.2 Å². The molecule has 1 aliphatic heterocycles. The molecule has 2 N–H and O–H groups in total. The van der Waals surface area contributed by atoms with Crippen LogP contribution in [0.5, 0.6) is 0 Å². The van der Waals surface area contributed by atoms with E-state index in [9.17, 15) is 4.79 Å². The van der Waals surface area contributed by atoms with Gasteiger partial charge in [-0.15, -0.1) is 0 Å². The van der Waals surface area contributed by atoms with Crippen LogP contribution in [0.1, 0.15) is 32.1 Å². The van der Waals surface area contributed by atoms with Crippen LogP contribution < -0.4 is 5.73 Å². The minimum absolute atomic E-state index is 0.132. The fraction of sp³-hybridized carbons (Fsp3) is 0.933. The molecule has 1 unspecified atom stereocenters. The number of amides is 1. The van der Waals surface area contributed by atoms with Gasteiger partial charge >= 0.3 is 0 Å². The molecule has 1 heterocycles. The smallest absolute Gasteiger partial charge is 0.224 e. The Kier molecular flexibility index (Phi) is 6.26. The maximum atomic E-state index is 12.2. The minimum Gasteiger partial charge on any atom is -0.380 e. The predicted octanol–water partition coefficient (Wildman–Crippen LogP) is 0.685. The van der Waals surface area contributed by atoms with Crippen LogP contribution in [0.2, 0.25) is 0 Å². The Balaban J connectivity index is 1.64. The summed E-state index contributed by atoms with van der Waals surface area (Å²) < 4.78 is 5.65. The van der Waals surface area contributed by atoms with E-state index in [0.29, 0.717) is 13.0 Å². The molecule has 2 fully saturated rings. The van der Waals surface area contributed by atoms with E-state index >= 15 is 0 Å². The fourth-order valence-corrected chi connectivity index (χ4v) is 2.64. The molecule has 0 radical (unpaired) electrons. The third-order valence-corrected chi connectivity index (χ3v) is 4.40. The Morgan fingerprint density at radius 2 is 2.10 bits per heavy atom. The Labute approximate surface area is 122 Å². The monoisotopic (exact) mass is 283 g/mol. The fourth-order valence-electron chi connectivity index (χ4n) is 2.64. The third kappa shape index (κ3) is 5.04. The Hall–Kier alpha value is -0.650. The highest BCUT2D eigenvalue weighted by atomic mass is 16.5. The van der Waals surface area contributed by atoms with Gasteiger partial charge in [0.05, 0.1) is 6.61 Å². The molecule has 0 aromatic heterocycles. The lowest BCUT2D eigenvalue weighted by Gasteiger charge is -2.28. The molecule has 0 spiro atoms. The molecule has 5 heteroatoms. The molecule has 1 atom stereocenters. The second-order valence-electron chi connectivity index (χ2n) is 6.18. The predicted molar refractivity (Wildman–Crippen MR) is 79.4 cm³/mol. The maximum absolute atomic E-state index is 12.2. The molecule has 2 aliphatic rings. The summed E-state index contributed by atoms with van der Waals surface area (Å²) in [6.07, 6.45) is 5.47. The summed E-state index contributed by atoms with van der Waals surface area (Å²) in [4.78, 5) is 16.3. The van der Waals surface area contributed by atoms with Gasteiger partial charge in [-0.2, -0.15) is 0 Å². The molecule has 0 aromatic rings. The standard InChI is InChI=1S/C15H29N3O2/c1-17(8-9-20-12-13-4-5-13)14(11-16)10-15(19)18-6-2-3-7-18/h13-14H,2-12,16H2,1H3. The van der Waals surface area contributed by atoms with E-state index in [4.69, 9.17) is 10.5 Å². The Bertz CT molecular complexity index is 301. The van der Waals surface area contributed by atoms with Crippen molar-refractivity contribution in [3.05, 3.63) is 0 Å². The summed E-state index contributed by atoms with van der Waals surface area (Å²) in [6.45, 7) is 4.85. The highest BCUT2D eigenvalue weighted by Crippen LogP contribution is 2.28. The van der Waals surface area contributed by atoms with Crippen LogP contribution in [-0.4, -0.2) is 68.2 Å². The zero-order valence-corrected chi connectivity index (χ0v) is 12.7. The van der Waals surface area contributed by atoms with Crippen LogP contribution in [0.3, 0.4) is 0 Å². The number of nitrogens with two attached hydrogens (primary N) is 1. The van der Waals surface area contributed by atoms with Gasteiger partial charge < -0.3 is 15.4 Å². The number of rotatable bonds is 9. The maximum Gasteiger partial charge on any atom is 0.224 e. The van der Waals surface area contributed by atoms with Gasteiger partial charge in [0.1, 0.15) is 0 Å². The molecule has 2 rings (SSSR count). The van der Waals surface area contributed by atoms with E-state index in [0.717, 1.165) is 51.6 Å². The summed E-state index contributed by atoms with van der Waals surface area (Å²) in [5.41, 5.74) is 5.83. The lowest BCUT2D eigenvalue weighted by Crippen LogP contribution is -2.43. The van der Waals surface area contributed by atoms with Crippen molar-refractivity contribution in [3.8, 4) is 0 Å². The number of hydrogen-bond acceptors (Lipinski definition) is 4. The Morgan fingerprint density at radius 3 is 2.70 bits per heavy atom. The number of likely N-dealkylation sites (tertiary alicyclic amines) is 1. The van der Waals surface area contributed by atoms with Gasteiger partial charge in [0.2, 0.25) is 5.91 Å². The third-order valence-electron chi connectivity index (χ3n) is 4.40. The van der Waals surface area contributed by atoms with Crippen molar-refractivity contribution in [2.45, 2.75) is 38.1 Å². The average Bonchev–Trinajstić information content (AvgIpc) is 3.10. The zero-order valence-electron chi connectivity index (χ0n) is 12.7. The van der Waals surface area contributed by atoms with E-state index in [1.165, 1.54) is 12.8 Å². The van der Waals surface area contributed by atoms with Crippen LogP contribution in [0.15, 0.2) is 0 Å². The van der Waals surface area contributed by atoms with E-state index in [-0.39, 0.29) is 11.9 Å². The molecule has 0 aromatic carbocycles. The molecule has 1 aliphatic carbocycles.